The topological polar surface area (TPSA) is 30.4 Å². The number of nitrogens with zero attached hydrogens (tertiary/aromatic N) is 1. The average Bonchev–Trinajstić information content (AvgIpc) is 2.55. The molecule has 2 heteroatoms. The largest absolute Gasteiger partial charge is 0.324 e. The van der Waals surface area contributed by atoms with E-state index in [0.29, 0.717) is 0 Å². The van der Waals surface area contributed by atoms with Crippen LogP contribution in [0.1, 0.15) is 35.7 Å². The number of aryl methyl sites for hydroxylation is 2. The van der Waals surface area contributed by atoms with E-state index in [1.807, 2.05) is 0 Å². The second-order valence-corrected chi connectivity index (χ2v) is 4.44. The molecule has 0 saturated carbocycles. The number of hydrogen-bond acceptors (Lipinski definition) is 1. The maximum absolute atomic E-state index is 6.20. The highest BCUT2D eigenvalue weighted by molar-refractivity contribution is 5.62. The Morgan fingerprint density at radius 3 is 3.13 bits per heavy atom. The molecule has 0 fully saturated rings. The maximum atomic E-state index is 6.20. The van der Waals surface area contributed by atoms with Crippen LogP contribution in [0.5, 0.6) is 0 Å². The van der Waals surface area contributed by atoms with Crippen molar-refractivity contribution in [3.8, 4) is 0 Å². The van der Waals surface area contributed by atoms with Crippen LogP contribution in [-0.2, 0) is 6.42 Å². The Morgan fingerprint density at radius 2 is 2.27 bits per heavy atom. The van der Waals surface area contributed by atoms with E-state index in [1.54, 1.807) is 0 Å². The summed E-state index contributed by atoms with van der Waals surface area (Å²) in [5.41, 5.74) is 11.7. The molecule has 1 unspecified atom stereocenters. The van der Waals surface area contributed by atoms with Crippen LogP contribution in [0, 0.1) is 6.92 Å². The lowest BCUT2D eigenvalue weighted by atomic mass is 9.91. The molecule has 15 heavy (non-hydrogen) atoms. The summed E-state index contributed by atoms with van der Waals surface area (Å²) in [5, 5.41) is 0. The highest BCUT2D eigenvalue weighted by Crippen LogP contribution is 2.34. The fourth-order valence-electron chi connectivity index (χ4n) is 2.85. The molecule has 0 aliphatic heterocycles. The standard InChI is InChI=1S/C13H16N2/c1-9-11-6-2-3-8-15(11)12-7-4-5-10(14)13(9)12/h2-3,6,8,10H,4-5,7,14H2,1H3. The lowest BCUT2D eigenvalue weighted by Gasteiger charge is -2.19. The van der Waals surface area contributed by atoms with Gasteiger partial charge >= 0.3 is 0 Å². The first-order valence-corrected chi connectivity index (χ1v) is 5.63. The summed E-state index contributed by atoms with van der Waals surface area (Å²) in [4.78, 5) is 0. The molecule has 0 spiro atoms. The summed E-state index contributed by atoms with van der Waals surface area (Å²) in [6.07, 6.45) is 5.67. The molecule has 0 saturated heterocycles. The average molecular weight is 200 g/mol. The van der Waals surface area contributed by atoms with E-state index < -0.39 is 0 Å². The number of rotatable bonds is 0. The zero-order chi connectivity index (χ0) is 10.4. The van der Waals surface area contributed by atoms with Crippen molar-refractivity contribution in [2.24, 2.45) is 5.73 Å². The van der Waals surface area contributed by atoms with Crippen molar-refractivity contribution >= 4 is 5.52 Å². The molecule has 0 aromatic carbocycles. The molecule has 0 amide bonds. The van der Waals surface area contributed by atoms with E-state index >= 15 is 0 Å². The summed E-state index contributed by atoms with van der Waals surface area (Å²) in [6, 6.07) is 6.61. The van der Waals surface area contributed by atoms with Gasteiger partial charge in [0.15, 0.2) is 0 Å². The Kier molecular flexibility index (Phi) is 1.86. The van der Waals surface area contributed by atoms with Gasteiger partial charge in [0.25, 0.3) is 0 Å². The highest BCUT2D eigenvalue weighted by atomic mass is 14.9. The lowest BCUT2D eigenvalue weighted by molar-refractivity contribution is 0.560. The van der Waals surface area contributed by atoms with E-state index in [1.165, 1.54) is 35.2 Å². The number of aromatic nitrogens is 1. The smallest absolute Gasteiger partial charge is 0.0485 e. The van der Waals surface area contributed by atoms with Gasteiger partial charge in [0.05, 0.1) is 0 Å². The molecule has 1 atom stereocenters. The molecule has 2 nitrogen and oxygen atoms in total. The molecule has 2 aromatic heterocycles. The van der Waals surface area contributed by atoms with Crippen LogP contribution in [0.25, 0.3) is 5.52 Å². The molecule has 1 aliphatic rings. The fraction of sp³-hybridized carbons (Fsp3) is 0.385. The Morgan fingerprint density at radius 1 is 1.40 bits per heavy atom. The van der Waals surface area contributed by atoms with Gasteiger partial charge in [0.1, 0.15) is 0 Å². The minimum atomic E-state index is 0.244. The zero-order valence-corrected chi connectivity index (χ0v) is 9.03. The van der Waals surface area contributed by atoms with Crippen LogP contribution in [-0.4, -0.2) is 4.40 Å². The van der Waals surface area contributed by atoms with Crippen LogP contribution in [0.15, 0.2) is 24.4 Å². The highest BCUT2D eigenvalue weighted by Gasteiger charge is 2.23. The van der Waals surface area contributed by atoms with E-state index in [-0.39, 0.29) is 6.04 Å². The minimum absolute atomic E-state index is 0.244. The number of fused-ring (bicyclic) bond motifs is 3. The van der Waals surface area contributed by atoms with Crippen molar-refractivity contribution in [2.75, 3.05) is 0 Å². The number of pyridine rings is 1. The van der Waals surface area contributed by atoms with Crippen molar-refractivity contribution in [1.29, 1.82) is 0 Å². The van der Waals surface area contributed by atoms with Crippen molar-refractivity contribution in [3.63, 3.8) is 0 Å². The van der Waals surface area contributed by atoms with Crippen molar-refractivity contribution in [1.82, 2.24) is 4.40 Å². The van der Waals surface area contributed by atoms with Gasteiger partial charge in [0, 0.05) is 23.4 Å². The second kappa shape index (κ2) is 3.11. The first kappa shape index (κ1) is 8.98. The van der Waals surface area contributed by atoms with Crippen LogP contribution < -0.4 is 5.73 Å². The van der Waals surface area contributed by atoms with Gasteiger partial charge in [-0.15, -0.1) is 0 Å². The first-order valence-electron chi connectivity index (χ1n) is 5.63. The predicted molar refractivity (Wildman–Crippen MR) is 62.0 cm³/mol. The Hall–Kier alpha value is -1.28. The molecule has 1 aliphatic carbocycles. The third-order valence-corrected chi connectivity index (χ3v) is 3.55. The summed E-state index contributed by atoms with van der Waals surface area (Å²) in [6.45, 7) is 2.19. The van der Waals surface area contributed by atoms with E-state index in [9.17, 15) is 0 Å². The molecule has 0 bridgehead atoms. The lowest BCUT2D eigenvalue weighted by Crippen LogP contribution is -2.17. The Bertz CT molecular complexity index is 510. The van der Waals surface area contributed by atoms with Gasteiger partial charge in [-0.2, -0.15) is 0 Å². The quantitative estimate of drug-likeness (QED) is 0.696. The normalized spacial score (nSPS) is 20.5. The van der Waals surface area contributed by atoms with Gasteiger partial charge in [-0.1, -0.05) is 6.07 Å². The van der Waals surface area contributed by atoms with Gasteiger partial charge in [-0.05, 0) is 49.4 Å². The summed E-state index contributed by atoms with van der Waals surface area (Å²) in [5.74, 6) is 0. The molecule has 3 rings (SSSR count). The zero-order valence-electron chi connectivity index (χ0n) is 9.03. The number of hydrogen-bond donors (Lipinski definition) is 1. The van der Waals surface area contributed by atoms with E-state index in [0.717, 1.165) is 6.42 Å². The third-order valence-electron chi connectivity index (χ3n) is 3.55. The summed E-state index contributed by atoms with van der Waals surface area (Å²) < 4.78 is 2.31. The van der Waals surface area contributed by atoms with Gasteiger partial charge in [-0.3, -0.25) is 0 Å². The third kappa shape index (κ3) is 1.15. The van der Waals surface area contributed by atoms with Crippen molar-refractivity contribution in [2.45, 2.75) is 32.2 Å². The number of nitrogens with two attached hydrogens (primary N) is 1. The van der Waals surface area contributed by atoms with Gasteiger partial charge in [0.2, 0.25) is 0 Å². The first-order chi connectivity index (χ1) is 7.29. The molecule has 78 valence electrons. The second-order valence-electron chi connectivity index (χ2n) is 4.44. The van der Waals surface area contributed by atoms with Crippen LogP contribution in [0.4, 0.5) is 0 Å². The molecule has 0 radical (unpaired) electrons. The Balaban J connectivity index is 2.40. The van der Waals surface area contributed by atoms with E-state index in [4.69, 9.17) is 5.73 Å². The minimum Gasteiger partial charge on any atom is -0.324 e. The summed E-state index contributed by atoms with van der Waals surface area (Å²) >= 11 is 0. The predicted octanol–water partition coefficient (Wildman–Crippen LogP) is 2.58. The summed E-state index contributed by atoms with van der Waals surface area (Å²) in [7, 11) is 0. The Labute approximate surface area is 89.7 Å². The maximum Gasteiger partial charge on any atom is 0.0485 e. The van der Waals surface area contributed by atoms with Crippen molar-refractivity contribution < 1.29 is 0 Å². The molecule has 2 N–H and O–H groups in total. The fourth-order valence-corrected chi connectivity index (χ4v) is 2.85. The molecular formula is C13H16N2. The van der Waals surface area contributed by atoms with E-state index in [2.05, 4.69) is 35.7 Å². The van der Waals surface area contributed by atoms with Crippen LogP contribution in [0.2, 0.25) is 0 Å². The molecule has 2 aromatic rings. The van der Waals surface area contributed by atoms with Gasteiger partial charge < -0.3 is 10.1 Å². The molecule has 2 heterocycles. The van der Waals surface area contributed by atoms with Crippen LogP contribution in [0.3, 0.4) is 0 Å². The van der Waals surface area contributed by atoms with Gasteiger partial charge in [-0.25, -0.2) is 0 Å². The van der Waals surface area contributed by atoms with Crippen LogP contribution >= 0.6 is 0 Å². The van der Waals surface area contributed by atoms with Crippen molar-refractivity contribution in [3.05, 3.63) is 41.2 Å². The monoisotopic (exact) mass is 200 g/mol. The molecular weight excluding hydrogens is 184 g/mol. The SMILES string of the molecule is Cc1c2c(n3ccccc13)CCCC2N.